The van der Waals surface area contributed by atoms with Gasteiger partial charge in [-0.05, 0) is 61.5 Å². The quantitative estimate of drug-likeness (QED) is 0.489. The summed E-state index contributed by atoms with van der Waals surface area (Å²) in [6.07, 6.45) is 3.97. The fourth-order valence-corrected chi connectivity index (χ4v) is 4.80. The molecule has 0 atom stereocenters. The molecule has 1 aliphatic rings. The third kappa shape index (κ3) is 3.34. The zero-order valence-electron chi connectivity index (χ0n) is 15.8. The van der Waals surface area contributed by atoms with E-state index >= 15 is 0 Å². The number of likely N-dealkylation sites (tertiary alicyclic amines) is 1. The van der Waals surface area contributed by atoms with Crippen LogP contribution in [-0.4, -0.2) is 33.2 Å². The maximum Gasteiger partial charge on any atom is 0.258 e. The van der Waals surface area contributed by atoms with Crippen molar-refractivity contribution >= 4 is 22.2 Å². The predicted molar refractivity (Wildman–Crippen MR) is 111 cm³/mol. The van der Waals surface area contributed by atoms with Crippen LogP contribution in [0.2, 0.25) is 0 Å². The summed E-state index contributed by atoms with van der Waals surface area (Å²) in [5.74, 6) is 1.80. The molecule has 0 radical (unpaired) electrons. The number of piperidine rings is 1. The summed E-state index contributed by atoms with van der Waals surface area (Å²) in [6.45, 7) is 5.08. The molecule has 142 valence electrons. The Morgan fingerprint density at radius 2 is 1.96 bits per heavy atom. The molecule has 3 aromatic heterocycles. The Labute approximate surface area is 168 Å². The lowest BCUT2D eigenvalue weighted by atomic mass is 9.96. The predicted octanol–water partition coefficient (Wildman–Crippen LogP) is 5.03. The number of rotatable bonds is 4. The van der Waals surface area contributed by atoms with Crippen molar-refractivity contribution in [1.82, 2.24) is 20.1 Å². The molecule has 1 aliphatic heterocycles. The molecule has 5 nitrogen and oxygen atoms in total. The highest BCUT2D eigenvalue weighted by atomic mass is 32.1. The van der Waals surface area contributed by atoms with E-state index in [1.54, 1.807) is 11.3 Å². The molecule has 0 amide bonds. The van der Waals surface area contributed by atoms with Gasteiger partial charge in [0.05, 0.1) is 10.4 Å². The van der Waals surface area contributed by atoms with Crippen molar-refractivity contribution in [3.05, 3.63) is 65.0 Å². The molecule has 0 N–H and O–H groups in total. The number of aromatic nitrogens is 3. The number of aryl methyl sites for hydroxylation is 1. The zero-order chi connectivity index (χ0) is 18.9. The smallest absolute Gasteiger partial charge is 0.258 e. The van der Waals surface area contributed by atoms with Crippen molar-refractivity contribution in [2.75, 3.05) is 13.1 Å². The molecule has 0 spiro atoms. The van der Waals surface area contributed by atoms with Crippen LogP contribution in [0.25, 0.3) is 21.7 Å². The number of nitrogens with zero attached hydrogens (tertiary/aromatic N) is 4. The Morgan fingerprint density at radius 3 is 2.79 bits per heavy atom. The zero-order valence-corrected chi connectivity index (χ0v) is 16.7. The Kier molecular flexibility index (Phi) is 4.66. The molecule has 5 rings (SSSR count). The van der Waals surface area contributed by atoms with Crippen LogP contribution in [0.15, 0.2) is 52.4 Å². The fourth-order valence-electron chi connectivity index (χ4n) is 3.96. The van der Waals surface area contributed by atoms with Crippen LogP contribution >= 0.6 is 11.3 Å². The van der Waals surface area contributed by atoms with Crippen molar-refractivity contribution in [2.45, 2.75) is 32.2 Å². The number of fused-ring (bicyclic) bond motifs is 1. The van der Waals surface area contributed by atoms with Crippen molar-refractivity contribution in [1.29, 1.82) is 0 Å². The van der Waals surface area contributed by atoms with Gasteiger partial charge in [-0.15, -0.1) is 21.5 Å². The summed E-state index contributed by atoms with van der Waals surface area (Å²) in [7, 11) is 0. The van der Waals surface area contributed by atoms with E-state index in [9.17, 15) is 0 Å². The monoisotopic (exact) mass is 390 g/mol. The average Bonchev–Trinajstić information content (AvgIpc) is 3.38. The van der Waals surface area contributed by atoms with Gasteiger partial charge in [-0.2, -0.15) is 0 Å². The SMILES string of the molecule is Cc1ccsc1-c1nnc(C2CCN(Cc3cccc4cccnc34)CC2)o1. The van der Waals surface area contributed by atoms with Crippen LogP contribution in [0.1, 0.15) is 35.8 Å². The van der Waals surface area contributed by atoms with E-state index in [0.29, 0.717) is 11.8 Å². The molecule has 1 fully saturated rings. The minimum absolute atomic E-state index is 0.350. The maximum atomic E-state index is 6.02. The third-order valence-electron chi connectivity index (χ3n) is 5.54. The molecule has 1 aromatic carbocycles. The van der Waals surface area contributed by atoms with Crippen LogP contribution in [0.4, 0.5) is 0 Å². The molecule has 0 saturated carbocycles. The van der Waals surface area contributed by atoms with E-state index in [-0.39, 0.29) is 0 Å². The first kappa shape index (κ1) is 17.5. The van der Waals surface area contributed by atoms with Gasteiger partial charge in [0.1, 0.15) is 0 Å². The largest absolute Gasteiger partial charge is 0.420 e. The van der Waals surface area contributed by atoms with E-state index < -0.39 is 0 Å². The summed E-state index contributed by atoms with van der Waals surface area (Å²) in [4.78, 5) is 8.17. The van der Waals surface area contributed by atoms with Gasteiger partial charge in [-0.3, -0.25) is 9.88 Å². The number of hydrogen-bond donors (Lipinski definition) is 0. The van der Waals surface area contributed by atoms with Gasteiger partial charge in [-0.25, -0.2) is 0 Å². The van der Waals surface area contributed by atoms with Crippen molar-refractivity contribution in [3.63, 3.8) is 0 Å². The molecular weight excluding hydrogens is 368 g/mol. The standard InChI is InChI=1S/C22H22N4OS/c1-15-9-13-28-20(15)22-25-24-21(27-22)17-7-11-26(12-8-17)14-18-5-2-4-16-6-3-10-23-19(16)18/h2-6,9-10,13,17H,7-8,11-12,14H2,1H3. The number of para-hydroxylation sites is 1. The van der Waals surface area contributed by atoms with E-state index in [1.165, 1.54) is 16.5 Å². The van der Waals surface area contributed by atoms with Gasteiger partial charge in [0.15, 0.2) is 0 Å². The van der Waals surface area contributed by atoms with Gasteiger partial charge in [-0.1, -0.05) is 24.3 Å². The highest BCUT2D eigenvalue weighted by molar-refractivity contribution is 7.13. The molecule has 6 heteroatoms. The lowest BCUT2D eigenvalue weighted by Gasteiger charge is -2.30. The van der Waals surface area contributed by atoms with Gasteiger partial charge >= 0.3 is 0 Å². The van der Waals surface area contributed by atoms with Gasteiger partial charge < -0.3 is 4.42 Å². The minimum atomic E-state index is 0.350. The van der Waals surface area contributed by atoms with Gasteiger partial charge in [0.2, 0.25) is 5.89 Å². The van der Waals surface area contributed by atoms with E-state index in [1.807, 2.05) is 12.3 Å². The first-order valence-corrected chi connectivity index (χ1v) is 10.6. The number of thiophene rings is 1. The number of pyridine rings is 1. The van der Waals surface area contributed by atoms with Crippen LogP contribution in [-0.2, 0) is 6.54 Å². The molecule has 0 aliphatic carbocycles. The lowest BCUT2D eigenvalue weighted by molar-refractivity contribution is 0.193. The van der Waals surface area contributed by atoms with Crippen LogP contribution in [0, 0.1) is 6.92 Å². The van der Waals surface area contributed by atoms with Crippen molar-refractivity contribution < 1.29 is 4.42 Å². The van der Waals surface area contributed by atoms with Crippen LogP contribution in [0.3, 0.4) is 0 Å². The maximum absolute atomic E-state index is 6.02. The Balaban J connectivity index is 1.25. The van der Waals surface area contributed by atoms with Gasteiger partial charge in [0, 0.05) is 24.0 Å². The van der Waals surface area contributed by atoms with Crippen molar-refractivity contribution in [3.8, 4) is 10.8 Å². The highest BCUT2D eigenvalue weighted by Gasteiger charge is 2.26. The first-order valence-electron chi connectivity index (χ1n) is 9.71. The van der Waals surface area contributed by atoms with E-state index in [0.717, 1.165) is 48.8 Å². The normalized spacial score (nSPS) is 16.0. The second kappa shape index (κ2) is 7.45. The third-order valence-corrected chi connectivity index (χ3v) is 6.55. The Hall–Kier alpha value is -2.57. The van der Waals surface area contributed by atoms with Crippen LogP contribution in [0.5, 0.6) is 0 Å². The second-order valence-electron chi connectivity index (χ2n) is 7.42. The Bertz CT molecular complexity index is 1090. The summed E-state index contributed by atoms with van der Waals surface area (Å²) in [5, 5.41) is 11.9. The topological polar surface area (TPSA) is 55.1 Å². The first-order chi connectivity index (χ1) is 13.8. The van der Waals surface area contributed by atoms with E-state index in [2.05, 4.69) is 62.7 Å². The molecular formula is C22H22N4OS. The molecule has 4 aromatic rings. The molecule has 1 saturated heterocycles. The summed E-state index contributed by atoms with van der Waals surface area (Å²) >= 11 is 1.65. The fraction of sp³-hybridized carbons (Fsp3) is 0.318. The van der Waals surface area contributed by atoms with Crippen LogP contribution < -0.4 is 0 Å². The molecule has 28 heavy (non-hydrogen) atoms. The summed E-state index contributed by atoms with van der Waals surface area (Å²) < 4.78 is 6.02. The molecule has 4 heterocycles. The molecule has 0 unspecified atom stereocenters. The highest BCUT2D eigenvalue weighted by Crippen LogP contribution is 2.33. The minimum Gasteiger partial charge on any atom is -0.420 e. The molecule has 0 bridgehead atoms. The van der Waals surface area contributed by atoms with Crippen molar-refractivity contribution in [2.24, 2.45) is 0 Å². The number of benzene rings is 1. The Morgan fingerprint density at radius 1 is 1.11 bits per heavy atom. The summed E-state index contributed by atoms with van der Waals surface area (Å²) in [6, 6.07) is 12.6. The average molecular weight is 391 g/mol. The van der Waals surface area contributed by atoms with E-state index in [4.69, 9.17) is 4.42 Å². The number of hydrogen-bond acceptors (Lipinski definition) is 6. The van der Waals surface area contributed by atoms with Gasteiger partial charge in [0.25, 0.3) is 5.89 Å². The lowest BCUT2D eigenvalue weighted by Crippen LogP contribution is -2.32. The second-order valence-corrected chi connectivity index (χ2v) is 8.34. The summed E-state index contributed by atoms with van der Waals surface area (Å²) in [5.41, 5.74) is 3.60.